The molecule has 2 heteroatoms. The third-order valence-corrected chi connectivity index (χ3v) is 2.83. The number of thiophene rings is 1. The third kappa shape index (κ3) is 2.64. The predicted molar refractivity (Wildman–Crippen MR) is 51.3 cm³/mol. The summed E-state index contributed by atoms with van der Waals surface area (Å²) in [4.78, 5) is 1.52. The van der Waals surface area contributed by atoms with Gasteiger partial charge in [0.1, 0.15) is 0 Å². The maximum Gasteiger partial charge on any atom is 0.00870 e. The average Bonchev–Trinajstić information content (AvgIpc) is 2.37. The minimum atomic E-state index is 1.07. The van der Waals surface area contributed by atoms with Crippen LogP contribution in [0.4, 0.5) is 0 Å². The molecule has 1 rings (SSSR count). The Kier molecular flexibility index (Phi) is 3.60. The van der Waals surface area contributed by atoms with Crippen molar-refractivity contribution in [3.05, 3.63) is 21.9 Å². The quantitative estimate of drug-likeness (QED) is 0.681. The second-order valence-corrected chi connectivity index (χ2v) is 3.63. The van der Waals surface area contributed by atoms with Crippen LogP contribution in [0.5, 0.6) is 0 Å². The zero-order chi connectivity index (χ0) is 8.10. The molecule has 0 saturated carbocycles. The molecule has 0 unspecified atom stereocenters. The fraction of sp³-hybridized carbons (Fsp3) is 0.556. The van der Waals surface area contributed by atoms with Crippen LogP contribution in [0.3, 0.4) is 0 Å². The van der Waals surface area contributed by atoms with E-state index in [4.69, 9.17) is 0 Å². The maximum absolute atomic E-state index is 3.32. The molecule has 0 saturated heterocycles. The van der Waals surface area contributed by atoms with Gasteiger partial charge >= 0.3 is 0 Å². The summed E-state index contributed by atoms with van der Waals surface area (Å²) in [6, 6.07) is 2.19. The van der Waals surface area contributed by atoms with Gasteiger partial charge in [0.05, 0.1) is 0 Å². The topological polar surface area (TPSA) is 12.0 Å². The van der Waals surface area contributed by atoms with Crippen LogP contribution >= 0.6 is 11.3 Å². The molecule has 0 bridgehead atoms. The van der Waals surface area contributed by atoms with Crippen LogP contribution in [0.1, 0.15) is 17.4 Å². The molecule has 0 radical (unpaired) electrons. The van der Waals surface area contributed by atoms with Crippen molar-refractivity contribution in [2.24, 2.45) is 0 Å². The first-order chi connectivity index (χ1) is 5.34. The fourth-order valence-corrected chi connectivity index (χ4v) is 1.95. The van der Waals surface area contributed by atoms with Gasteiger partial charge in [0.2, 0.25) is 0 Å². The Morgan fingerprint density at radius 2 is 2.36 bits per heavy atom. The molecule has 0 atom stereocenters. The molecule has 1 aromatic heterocycles. The van der Waals surface area contributed by atoms with Crippen molar-refractivity contribution in [1.82, 2.24) is 5.32 Å². The Labute approximate surface area is 72.4 Å². The molecule has 0 aliphatic heterocycles. The van der Waals surface area contributed by atoms with Crippen molar-refractivity contribution in [2.75, 3.05) is 13.1 Å². The summed E-state index contributed by atoms with van der Waals surface area (Å²) in [6.45, 7) is 6.50. The van der Waals surface area contributed by atoms with Gasteiger partial charge in [-0.1, -0.05) is 6.92 Å². The van der Waals surface area contributed by atoms with E-state index in [2.05, 4.69) is 30.6 Å². The highest BCUT2D eigenvalue weighted by atomic mass is 32.1. The van der Waals surface area contributed by atoms with E-state index in [1.54, 1.807) is 0 Å². The molecule has 11 heavy (non-hydrogen) atoms. The van der Waals surface area contributed by atoms with Crippen LogP contribution in [0.2, 0.25) is 0 Å². The van der Waals surface area contributed by atoms with Gasteiger partial charge in [-0.2, -0.15) is 0 Å². The van der Waals surface area contributed by atoms with E-state index in [1.807, 2.05) is 11.3 Å². The summed E-state index contributed by atoms with van der Waals surface area (Å²) in [5.41, 5.74) is 1.44. The lowest BCUT2D eigenvalue weighted by atomic mass is 10.2. The molecule has 0 aliphatic rings. The first-order valence-corrected chi connectivity index (χ1v) is 4.96. The average molecular weight is 169 g/mol. The molecule has 1 aromatic rings. The van der Waals surface area contributed by atoms with E-state index in [-0.39, 0.29) is 0 Å². The SMILES string of the molecule is CCNCCc1sccc1C. The predicted octanol–water partition coefficient (Wildman–Crippen LogP) is 2.21. The molecule has 0 fully saturated rings. The number of likely N-dealkylation sites (N-methyl/N-ethyl adjacent to an activating group) is 1. The number of hydrogen-bond acceptors (Lipinski definition) is 2. The Morgan fingerprint density at radius 1 is 1.55 bits per heavy atom. The van der Waals surface area contributed by atoms with Gasteiger partial charge in [0.15, 0.2) is 0 Å². The lowest BCUT2D eigenvalue weighted by Gasteiger charge is -1.99. The highest BCUT2D eigenvalue weighted by molar-refractivity contribution is 7.10. The molecular weight excluding hydrogens is 154 g/mol. The Bertz CT molecular complexity index is 205. The van der Waals surface area contributed by atoms with Crippen LogP contribution in [-0.2, 0) is 6.42 Å². The third-order valence-electron chi connectivity index (χ3n) is 1.75. The van der Waals surface area contributed by atoms with Gasteiger partial charge in [0.25, 0.3) is 0 Å². The monoisotopic (exact) mass is 169 g/mol. The van der Waals surface area contributed by atoms with Gasteiger partial charge in [-0.15, -0.1) is 11.3 Å². The molecule has 0 aromatic carbocycles. The number of hydrogen-bond donors (Lipinski definition) is 1. The Morgan fingerprint density at radius 3 is 2.91 bits per heavy atom. The van der Waals surface area contributed by atoms with Crippen LogP contribution < -0.4 is 5.32 Å². The van der Waals surface area contributed by atoms with E-state index in [1.165, 1.54) is 16.9 Å². The van der Waals surface area contributed by atoms with E-state index >= 15 is 0 Å². The largest absolute Gasteiger partial charge is 0.317 e. The lowest BCUT2D eigenvalue weighted by molar-refractivity contribution is 0.720. The van der Waals surface area contributed by atoms with E-state index < -0.39 is 0 Å². The summed E-state index contributed by atoms with van der Waals surface area (Å²) in [6.07, 6.45) is 1.18. The van der Waals surface area contributed by atoms with E-state index in [9.17, 15) is 0 Å². The molecule has 0 spiro atoms. The van der Waals surface area contributed by atoms with Crippen LogP contribution in [0.15, 0.2) is 11.4 Å². The molecule has 0 aliphatic carbocycles. The molecule has 1 nitrogen and oxygen atoms in total. The number of rotatable bonds is 4. The highest BCUT2D eigenvalue weighted by Gasteiger charge is 1.97. The van der Waals surface area contributed by atoms with Crippen molar-refractivity contribution in [2.45, 2.75) is 20.3 Å². The summed E-state index contributed by atoms with van der Waals surface area (Å²) < 4.78 is 0. The first kappa shape index (κ1) is 8.75. The highest BCUT2D eigenvalue weighted by Crippen LogP contribution is 2.15. The maximum atomic E-state index is 3.32. The summed E-state index contributed by atoms with van der Waals surface area (Å²) in [7, 11) is 0. The summed E-state index contributed by atoms with van der Waals surface area (Å²) in [5, 5.41) is 5.48. The Balaban J connectivity index is 2.32. The van der Waals surface area contributed by atoms with Crippen molar-refractivity contribution in [1.29, 1.82) is 0 Å². The van der Waals surface area contributed by atoms with Crippen molar-refractivity contribution in [3.63, 3.8) is 0 Å². The molecule has 62 valence electrons. The number of aryl methyl sites for hydroxylation is 1. The smallest absolute Gasteiger partial charge is 0.00870 e. The van der Waals surface area contributed by atoms with Crippen molar-refractivity contribution >= 4 is 11.3 Å². The summed E-state index contributed by atoms with van der Waals surface area (Å²) >= 11 is 1.86. The molecule has 1 N–H and O–H groups in total. The van der Waals surface area contributed by atoms with Gasteiger partial charge in [-0.3, -0.25) is 0 Å². The lowest BCUT2D eigenvalue weighted by Crippen LogP contribution is -2.15. The van der Waals surface area contributed by atoms with Gasteiger partial charge in [-0.25, -0.2) is 0 Å². The van der Waals surface area contributed by atoms with Crippen molar-refractivity contribution in [3.8, 4) is 0 Å². The second-order valence-electron chi connectivity index (χ2n) is 2.63. The molecule has 1 heterocycles. The second kappa shape index (κ2) is 4.52. The van der Waals surface area contributed by atoms with Crippen molar-refractivity contribution < 1.29 is 0 Å². The minimum Gasteiger partial charge on any atom is -0.317 e. The zero-order valence-electron chi connectivity index (χ0n) is 7.18. The van der Waals surface area contributed by atoms with Gasteiger partial charge < -0.3 is 5.32 Å². The van der Waals surface area contributed by atoms with E-state index in [0.717, 1.165) is 13.1 Å². The van der Waals surface area contributed by atoms with Crippen LogP contribution in [0, 0.1) is 6.92 Å². The van der Waals surface area contributed by atoms with Crippen LogP contribution in [-0.4, -0.2) is 13.1 Å². The standard InChI is InChI=1S/C9H15NS/c1-3-10-6-4-9-8(2)5-7-11-9/h5,7,10H,3-4,6H2,1-2H3. The fourth-order valence-electron chi connectivity index (χ4n) is 1.04. The molecule has 0 amide bonds. The molecular formula is C9H15NS. The first-order valence-electron chi connectivity index (χ1n) is 4.08. The zero-order valence-corrected chi connectivity index (χ0v) is 8.00. The van der Waals surface area contributed by atoms with Crippen LogP contribution in [0.25, 0.3) is 0 Å². The van der Waals surface area contributed by atoms with Gasteiger partial charge in [0, 0.05) is 4.88 Å². The summed E-state index contributed by atoms with van der Waals surface area (Å²) in [5.74, 6) is 0. The number of nitrogens with one attached hydrogen (secondary N) is 1. The van der Waals surface area contributed by atoms with Gasteiger partial charge in [-0.05, 0) is 43.4 Å². The van der Waals surface area contributed by atoms with E-state index in [0.29, 0.717) is 0 Å². The Hall–Kier alpha value is -0.340. The minimum absolute atomic E-state index is 1.07. The normalized spacial score (nSPS) is 10.4.